The molecule has 3 rings (SSSR count). The number of rotatable bonds is 5. The van der Waals surface area contributed by atoms with Crippen molar-refractivity contribution in [2.45, 2.75) is 50.6 Å². The molecule has 2 heterocycles. The Bertz CT molecular complexity index is 307. The van der Waals surface area contributed by atoms with Gasteiger partial charge in [-0.25, -0.2) is 0 Å². The molecule has 2 N–H and O–H groups in total. The zero-order valence-corrected chi connectivity index (χ0v) is 13.6. The van der Waals surface area contributed by atoms with Crippen molar-refractivity contribution in [3.63, 3.8) is 0 Å². The summed E-state index contributed by atoms with van der Waals surface area (Å²) in [5.41, 5.74) is 0. The van der Waals surface area contributed by atoms with E-state index >= 15 is 0 Å². The Morgan fingerprint density at radius 2 is 2.00 bits per heavy atom. The van der Waals surface area contributed by atoms with Crippen molar-refractivity contribution in [3.8, 4) is 0 Å². The SMILES string of the molecule is Cl.Cl.O=C(CCC1CCNC1)NC1CCN(C2CC2)C1. The Labute approximate surface area is 134 Å². The molecule has 2 unspecified atom stereocenters. The van der Waals surface area contributed by atoms with Gasteiger partial charge in [0.2, 0.25) is 5.91 Å². The summed E-state index contributed by atoms with van der Waals surface area (Å²) in [5.74, 6) is 0.992. The minimum Gasteiger partial charge on any atom is -0.352 e. The van der Waals surface area contributed by atoms with Gasteiger partial charge in [-0.05, 0) is 51.1 Å². The smallest absolute Gasteiger partial charge is 0.220 e. The zero-order chi connectivity index (χ0) is 12.4. The highest BCUT2D eigenvalue weighted by molar-refractivity contribution is 5.85. The van der Waals surface area contributed by atoms with Gasteiger partial charge in [-0.2, -0.15) is 0 Å². The van der Waals surface area contributed by atoms with Gasteiger partial charge in [0, 0.05) is 31.6 Å². The summed E-state index contributed by atoms with van der Waals surface area (Å²) in [6.45, 7) is 4.50. The van der Waals surface area contributed by atoms with Gasteiger partial charge in [-0.1, -0.05) is 0 Å². The van der Waals surface area contributed by atoms with E-state index in [0.29, 0.717) is 12.5 Å². The molecule has 3 aliphatic rings. The van der Waals surface area contributed by atoms with E-state index in [4.69, 9.17) is 0 Å². The second-order valence-corrected chi connectivity index (χ2v) is 6.18. The molecule has 1 saturated carbocycles. The topological polar surface area (TPSA) is 44.4 Å². The lowest BCUT2D eigenvalue weighted by atomic mass is 10.0. The van der Waals surface area contributed by atoms with E-state index in [0.717, 1.165) is 44.4 Å². The fourth-order valence-electron chi connectivity index (χ4n) is 3.27. The van der Waals surface area contributed by atoms with Gasteiger partial charge < -0.3 is 10.6 Å². The highest BCUT2D eigenvalue weighted by atomic mass is 35.5. The van der Waals surface area contributed by atoms with Gasteiger partial charge >= 0.3 is 0 Å². The molecule has 4 nitrogen and oxygen atoms in total. The first-order valence-corrected chi connectivity index (χ1v) is 7.55. The average molecular weight is 324 g/mol. The van der Waals surface area contributed by atoms with Crippen LogP contribution in [0.2, 0.25) is 0 Å². The monoisotopic (exact) mass is 323 g/mol. The maximum atomic E-state index is 11.9. The van der Waals surface area contributed by atoms with Gasteiger partial charge in [0.15, 0.2) is 0 Å². The zero-order valence-electron chi connectivity index (χ0n) is 12.0. The number of amides is 1. The molecule has 20 heavy (non-hydrogen) atoms. The summed E-state index contributed by atoms with van der Waals surface area (Å²) in [7, 11) is 0. The molecule has 0 bridgehead atoms. The first kappa shape index (κ1) is 18.0. The van der Waals surface area contributed by atoms with Crippen LogP contribution < -0.4 is 10.6 Å². The summed E-state index contributed by atoms with van der Waals surface area (Å²) in [6, 6.07) is 1.26. The van der Waals surface area contributed by atoms with Crippen LogP contribution in [-0.4, -0.2) is 49.1 Å². The Hall–Kier alpha value is -0.0300. The largest absolute Gasteiger partial charge is 0.352 e. The molecule has 0 spiro atoms. The second-order valence-electron chi connectivity index (χ2n) is 6.18. The van der Waals surface area contributed by atoms with Crippen LogP contribution in [0.1, 0.15) is 38.5 Å². The highest BCUT2D eigenvalue weighted by Gasteiger charge is 2.34. The number of carbonyl (C=O) groups excluding carboxylic acids is 1. The van der Waals surface area contributed by atoms with Crippen molar-refractivity contribution in [3.05, 3.63) is 0 Å². The molecule has 2 atom stereocenters. The molecular formula is C14H27Cl2N3O. The molecule has 1 aliphatic carbocycles. The predicted octanol–water partition coefficient (Wildman–Crippen LogP) is 1.57. The maximum Gasteiger partial charge on any atom is 0.220 e. The number of hydrogen-bond donors (Lipinski definition) is 2. The van der Waals surface area contributed by atoms with Crippen molar-refractivity contribution >= 4 is 30.7 Å². The molecule has 0 radical (unpaired) electrons. The van der Waals surface area contributed by atoms with Crippen LogP contribution in [0.4, 0.5) is 0 Å². The lowest BCUT2D eigenvalue weighted by Gasteiger charge is -2.16. The number of likely N-dealkylation sites (tertiary alicyclic amines) is 1. The molecule has 1 amide bonds. The van der Waals surface area contributed by atoms with Crippen LogP contribution in [0.25, 0.3) is 0 Å². The Kier molecular flexibility index (Phi) is 7.59. The Morgan fingerprint density at radius 1 is 1.20 bits per heavy atom. The first-order chi connectivity index (χ1) is 8.81. The minimum absolute atomic E-state index is 0. The van der Waals surface area contributed by atoms with Crippen LogP contribution in [0, 0.1) is 5.92 Å². The normalized spacial score (nSPS) is 29.6. The number of nitrogens with one attached hydrogen (secondary N) is 2. The van der Waals surface area contributed by atoms with Crippen molar-refractivity contribution in [2.24, 2.45) is 5.92 Å². The van der Waals surface area contributed by atoms with E-state index in [-0.39, 0.29) is 30.7 Å². The van der Waals surface area contributed by atoms with E-state index in [1.54, 1.807) is 0 Å². The van der Waals surface area contributed by atoms with Crippen LogP contribution >= 0.6 is 24.8 Å². The summed E-state index contributed by atoms with van der Waals surface area (Å²) in [5, 5.41) is 6.57. The van der Waals surface area contributed by atoms with Crippen molar-refractivity contribution in [2.75, 3.05) is 26.2 Å². The molecular weight excluding hydrogens is 297 g/mol. The molecule has 0 aromatic rings. The van der Waals surface area contributed by atoms with Crippen LogP contribution in [0.15, 0.2) is 0 Å². The fraction of sp³-hybridized carbons (Fsp3) is 0.929. The number of carbonyl (C=O) groups is 1. The van der Waals surface area contributed by atoms with E-state index in [9.17, 15) is 4.79 Å². The second kappa shape index (κ2) is 8.42. The standard InChI is InChI=1S/C14H25N3O.2ClH/c18-14(4-1-11-5-7-15-9-11)16-12-6-8-17(10-12)13-2-3-13;;/h11-13,15H,1-10H2,(H,16,18);2*1H. The summed E-state index contributed by atoms with van der Waals surface area (Å²) in [6.07, 6.45) is 6.90. The van der Waals surface area contributed by atoms with Gasteiger partial charge in [0.25, 0.3) is 0 Å². The number of nitrogens with zero attached hydrogens (tertiary/aromatic N) is 1. The van der Waals surface area contributed by atoms with E-state index < -0.39 is 0 Å². The van der Waals surface area contributed by atoms with Gasteiger partial charge in [-0.15, -0.1) is 24.8 Å². The maximum absolute atomic E-state index is 11.9. The molecule has 0 aromatic carbocycles. The highest BCUT2D eigenvalue weighted by Crippen LogP contribution is 2.29. The molecule has 2 saturated heterocycles. The third kappa shape index (κ3) is 5.06. The van der Waals surface area contributed by atoms with E-state index in [2.05, 4.69) is 15.5 Å². The average Bonchev–Trinajstić information content (AvgIpc) is 2.90. The quantitative estimate of drug-likeness (QED) is 0.807. The van der Waals surface area contributed by atoms with Crippen LogP contribution in [0.5, 0.6) is 0 Å². The Morgan fingerprint density at radius 3 is 2.65 bits per heavy atom. The van der Waals surface area contributed by atoms with Crippen LogP contribution in [-0.2, 0) is 4.79 Å². The van der Waals surface area contributed by atoms with Gasteiger partial charge in [0.1, 0.15) is 0 Å². The van der Waals surface area contributed by atoms with Gasteiger partial charge in [0.05, 0.1) is 0 Å². The van der Waals surface area contributed by atoms with Crippen molar-refractivity contribution in [1.29, 1.82) is 0 Å². The molecule has 6 heteroatoms. The van der Waals surface area contributed by atoms with E-state index in [1.807, 2.05) is 0 Å². The molecule has 2 aliphatic heterocycles. The predicted molar refractivity (Wildman–Crippen MR) is 85.8 cm³/mol. The minimum atomic E-state index is 0. The molecule has 118 valence electrons. The molecule has 3 fully saturated rings. The third-order valence-corrected chi connectivity index (χ3v) is 4.59. The Balaban J connectivity index is 0.000001000. The van der Waals surface area contributed by atoms with Crippen molar-refractivity contribution in [1.82, 2.24) is 15.5 Å². The van der Waals surface area contributed by atoms with E-state index in [1.165, 1.54) is 25.8 Å². The van der Waals surface area contributed by atoms with Crippen molar-refractivity contribution < 1.29 is 4.79 Å². The lowest BCUT2D eigenvalue weighted by Crippen LogP contribution is -2.37. The summed E-state index contributed by atoms with van der Waals surface area (Å²) < 4.78 is 0. The summed E-state index contributed by atoms with van der Waals surface area (Å²) >= 11 is 0. The number of halogens is 2. The first-order valence-electron chi connectivity index (χ1n) is 7.55. The number of hydrogen-bond acceptors (Lipinski definition) is 3. The summed E-state index contributed by atoms with van der Waals surface area (Å²) in [4.78, 5) is 14.4. The lowest BCUT2D eigenvalue weighted by molar-refractivity contribution is -0.122. The third-order valence-electron chi connectivity index (χ3n) is 4.59. The van der Waals surface area contributed by atoms with Crippen LogP contribution in [0.3, 0.4) is 0 Å². The molecule has 0 aromatic heterocycles. The fourth-order valence-corrected chi connectivity index (χ4v) is 3.27. The van der Waals surface area contributed by atoms with Gasteiger partial charge in [-0.3, -0.25) is 9.69 Å².